The van der Waals surface area contributed by atoms with E-state index in [1.54, 1.807) is 40.9 Å². The molecule has 4 rings (SSSR count). The predicted octanol–water partition coefficient (Wildman–Crippen LogP) is 3.94. The fourth-order valence-corrected chi connectivity index (χ4v) is 6.62. The van der Waals surface area contributed by atoms with Crippen LogP contribution in [0.15, 0.2) is 46.7 Å². The molecule has 158 valence electrons. The van der Waals surface area contributed by atoms with Crippen LogP contribution in [0.5, 0.6) is 0 Å². The molecule has 2 aromatic heterocycles. The molecule has 0 spiro atoms. The van der Waals surface area contributed by atoms with Crippen molar-refractivity contribution in [2.45, 2.75) is 31.1 Å². The Balaban J connectivity index is 1.36. The van der Waals surface area contributed by atoms with Crippen LogP contribution in [0.2, 0.25) is 0 Å². The molecule has 0 unspecified atom stereocenters. The normalized spacial score (nSPS) is 14.8. The van der Waals surface area contributed by atoms with Crippen molar-refractivity contribution in [1.82, 2.24) is 14.6 Å². The van der Waals surface area contributed by atoms with E-state index in [0.717, 1.165) is 28.4 Å². The number of nitrogens with one attached hydrogen (secondary N) is 1. The summed E-state index contributed by atoms with van der Waals surface area (Å²) < 4.78 is 26.9. The van der Waals surface area contributed by atoms with Gasteiger partial charge in [-0.05, 0) is 56.5 Å². The van der Waals surface area contributed by atoms with Crippen molar-refractivity contribution in [2.75, 3.05) is 19.6 Å². The maximum absolute atomic E-state index is 12.7. The zero-order valence-electron chi connectivity index (χ0n) is 16.6. The number of sulfonamides is 1. The van der Waals surface area contributed by atoms with Gasteiger partial charge in [0.1, 0.15) is 0 Å². The Morgan fingerprint density at radius 1 is 1.20 bits per heavy atom. The van der Waals surface area contributed by atoms with Gasteiger partial charge in [-0.2, -0.15) is 4.31 Å². The van der Waals surface area contributed by atoms with Crippen LogP contribution in [-0.2, 0) is 16.4 Å². The Morgan fingerprint density at radius 2 is 2.00 bits per heavy atom. The second kappa shape index (κ2) is 8.97. The first-order valence-electron chi connectivity index (χ1n) is 9.83. The van der Waals surface area contributed by atoms with Gasteiger partial charge in [0.05, 0.1) is 20.5 Å². The van der Waals surface area contributed by atoms with Crippen molar-refractivity contribution in [3.05, 3.63) is 57.2 Å². The number of rotatable bonds is 7. The molecule has 0 saturated carbocycles. The number of aromatic nitrogens is 1. The molecule has 1 saturated heterocycles. The van der Waals surface area contributed by atoms with Crippen LogP contribution in [0.4, 0.5) is 0 Å². The Labute approximate surface area is 184 Å². The van der Waals surface area contributed by atoms with E-state index in [9.17, 15) is 13.2 Å². The summed E-state index contributed by atoms with van der Waals surface area (Å²) in [5.41, 5.74) is 1.36. The van der Waals surface area contributed by atoms with Gasteiger partial charge in [0.25, 0.3) is 5.91 Å². The topological polar surface area (TPSA) is 79.4 Å². The highest BCUT2D eigenvalue weighted by Crippen LogP contribution is 2.29. The van der Waals surface area contributed by atoms with Gasteiger partial charge in [0.2, 0.25) is 10.0 Å². The summed E-state index contributed by atoms with van der Waals surface area (Å²) in [6.45, 7) is 3.56. The molecule has 0 radical (unpaired) electrons. The Kier molecular flexibility index (Phi) is 6.33. The maximum atomic E-state index is 12.7. The number of hydrogen-bond acceptors (Lipinski definition) is 6. The summed E-state index contributed by atoms with van der Waals surface area (Å²) >= 11 is 3.31. The molecule has 30 heavy (non-hydrogen) atoms. The average molecular weight is 462 g/mol. The lowest BCUT2D eigenvalue weighted by molar-refractivity contribution is 0.0954. The molecule has 1 aromatic carbocycles. The Bertz CT molecular complexity index is 1140. The standard InChI is InChI=1S/C21H23N3O3S3/c1-15-23-19(14-28-15)20-8-7-17(29-20)9-10-22-21(25)16-5-4-6-18(13-16)30(26,27)24-11-2-3-12-24/h4-8,13-14H,2-3,9-12H2,1H3,(H,22,25). The number of carbonyl (C=O) groups excluding carboxylic acids is 1. The first-order chi connectivity index (χ1) is 14.4. The van der Waals surface area contributed by atoms with Crippen LogP contribution in [0.25, 0.3) is 10.6 Å². The number of thiophene rings is 1. The van der Waals surface area contributed by atoms with E-state index in [1.807, 2.05) is 6.92 Å². The van der Waals surface area contributed by atoms with Crippen LogP contribution in [0.1, 0.15) is 33.1 Å². The van der Waals surface area contributed by atoms with Crippen LogP contribution in [0, 0.1) is 6.92 Å². The minimum absolute atomic E-state index is 0.179. The lowest BCUT2D eigenvalue weighted by Gasteiger charge is -2.16. The summed E-state index contributed by atoms with van der Waals surface area (Å²) in [5.74, 6) is -0.264. The fourth-order valence-electron chi connectivity index (χ4n) is 3.40. The van der Waals surface area contributed by atoms with E-state index < -0.39 is 10.0 Å². The van der Waals surface area contributed by atoms with Gasteiger partial charge in [-0.3, -0.25) is 4.79 Å². The first kappa shape index (κ1) is 21.2. The van der Waals surface area contributed by atoms with Crippen molar-refractivity contribution in [2.24, 2.45) is 0 Å². The third-order valence-corrected chi connectivity index (χ3v) is 8.82. The third-order valence-electron chi connectivity index (χ3n) is 4.99. The smallest absolute Gasteiger partial charge is 0.251 e. The summed E-state index contributed by atoms with van der Waals surface area (Å²) in [6.07, 6.45) is 2.48. The van der Waals surface area contributed by atoms with E-state index in [2.05, 4.69) is 27.8 Å². The van der Waals surface area contributed by atoms with Gasteiger partial charge in [0.15, 0.2) is 0 Å². The van der Waals surface area contributed by atoms with Crippen LogP contribution < -0.4 is 5.32 Å². The SMILES string of the molecule is Cc1nc(-c2ccc(CCNC(=O)c3cccc(S(=O)(=O)N4CCCC4)c3)s2)cs1. The minimum Gasteiger partial charge on any atom is -0.352 e. The number of amides is 1. The molecular weight excluding hydrogens is 438 g/mol. The molecule has 1 aliphatic heterocycles. The largest absolute Gasteiger partial charge is 0.352 e. The van der Waals surface area contributed by atoms with E-state index in [4.69, 9.17) is 0 Å². The van der Waals surface area contributed by atoms with Gasteiger partial charge in [-0.25, -0.2) is 13.4 Å². The Morgan fingerprint density at radius 3 is 2.73 bits per heavy atom. The van der Waals surface area contributed by atoms with Gasteiger partial charge in [-0.1, -0.05) is 6.07 Å². The number of benzene rings is 1. The quantitative estimate of drug-likeness (QED) is 0.578. The Hall–Kier alpha value is -2.07. The summed E-state index contributed by atoms with van der Waals surface area (Å²) in [7, 11) is -3.53. The van der Waals surface area contributed by atoms with Gasteiger partial charge in [-0.15, -0.1) is 22.7 Å². The van der Waals surface area contributed by atoms with Crippen molar-refractivity contribution in [3.8, 4) is 10.6 Å². The van der Waals surface area contributed by atoms with Crippen LogP contribution in [-0.4, -0.2) is 43.2 Å². The summed E-state index contributed by atoms with van der Waals surface area (Å²) in [4.78, 5) is 19.5. The molecule has 1 amide bonds. The van der Waals surface area contributed by atoms with Crippen molar-refractivity contribution in [3.63, 3.8) is 0 Å². The molecule has 0 bridgehead atoms. The molecule has 0 atom stereocenters. The monoisotopic (exact) mass is 461 g/mol. The molecule has 6 nitrogen and oxygen atoms in total. The number of aryl methyl sites for hydroxylation is 1. The first-order valence-corrected chi connectivity index (χ1v) is 13.0. The number of hydrogen-bond donors (Lipinski definition) is 1. The van der Waals surface area contributed by atoms with Crippen LogP contribution in [0.3, 0.4) is 0 Å². The predicted molar refractivity (Wildman–Crippen MR) is 121 cm³/mol. The minimum atomic E-state index is -3.53. The molecule has 1 aliphatic rings. The zero-order valence-corrected chi connectivity index (χ0v) is 19.1. The van der Waals surface area contributed by atoms with Gasteiger partial charge < -0.3 is 5.32 Å². The van der Waals surface area contributed by atoms with Gasteiger partial charge in [0, 0.05) is 35.5 Å². The number of nitrogens with zero attached hydrogens (tertiary/aromatic N) is 2. The van der Waals surface area contributed by atoms with E-state index >= 15 is 0 Å². The van der Waals surface area contributed by atoms with Crippen molar-refractivity contribution in [1.29, 1.82) is 0 Å². The molecule has 0 aliphatic carbocycles. The highest BCUT2D eigenvalue weighted by Gasteiger charge is 2.27. The second-order valence-corrected chi connectivity index (χ2v) is 11.3. The molecular formula is C21H23N3O3S3. The van der Waals surface area contributed by atoms with Crippen LogP contribution >= 0.6 is 22.7 Å². The summed E-state index contributed by atoms with van der Waals surface area (Å²) in [5, 5.41) is 5.99. The third kappa shape index (κ3) is 4.64. The molecule has 1 fully saturated rings. The lowest BCUT2D eigenvalue weighted by Crippen LogP contribution is -2.29. The maximum Gasteiger partial charge on any atom is 0.251 e. The number of thiazole rings is 1. The molecule has 3 heterocycles. The number of carbonyl (C=O) groups is 1. The second-order valence-electron chi connectivity index (χ2n) is 7.16. The highest BCUT2D eigenvalue weighted by molar-refractivity contribution is 7.89. The van der Waals surface area contributed by atoms with E-state index in [-0.39, 0.29) is 10.8 Å². The van der Waals surface area contributed by atoms with E-state index in [0.29, 0.717) is 31.6 Å². The highest BCUT2D eigenvalue weighted by atomic mass is 32.2. The molecule has 3 aromatic rings. The summed E-state index contributed by atoms with van der Waals surface area (Å²) in [6, 6.07) is 10.4. The molecule has 1 N–H and O–H groups in total. The molecule has 9 heteroatoms. The zero-order chi connectivity index (χ0) is 21.1. The van der Waals surface area contributed by atoms with E-state index in [1.165, 1.54) is 15.2 Å². The van der Waals surface area contributed by atoms with Gasteiger partial charge >= 0.3 is 0 Å². The average Bonchev–Trinajstić information content (AvgIpc) is 3.50. The van der Waals surface area contributed by atoms with Crippen molar-refractivity contribution >= 4 is 38.6 Å². The van der Waals surface area contributed by atoms with Crippen molar-refractivity contribution < 1.29 is 13.2 Å². The fraction of sp³-hybridized carbons (Fsp3) is 0.333. The lowest BCUT2D eigenvalue weighted by atomic mass is 10.2.